The highest BCUT2D eigenvalue weighted by molar-refractivity contribution is 5.99. The molecule has 0 heterocycles. The number of likely N-dealkylation sites (N-methyl/N-ethyl adjacent to an activating group) is 1. The Morgan fingerprint density at radius 2 is 1.74 bits per heavy atom. The van der Waals surface area contributed by atoms with E-state index in [0.29, 0.717) is 5.92 Å². The van der Waals surface area contributed by atoms with E-state index in [-0.39, 0.29) is 11.5 Å². The fourth-order valence-electron chi connectivity index (χ4n) is 1.92. The van der Waals surface area contributed by atoms with Crippen molar-refractivity contribution in [2.75, 3.05) is 14.1 Å². The van der Waals surface area contributed by atoms with Crippen molar-refractivity contribution in [3.63, 3.8) is 0 Å². The van der Waals surface area contributed by atoms with Gasteiger partial charge in [-0.05, 0) is 30.0 Å². The minimum absolute atomic E-state index is 0.138. The van der Waals surface area contributed by atoms with Crippen LogP contribution in [0.2, 0.25) is 0 Å². The van der Waals surface area contributed by atoms with Gasteiger partial charge in [-0.15, -0.1) is 0 Å². The lowest BCUT2D eigenvalue weighted by Gasteiger charge is -2.16. The van der Waals surface area contributed by atoms with E-state index in [4.69, 9.17) is 10.00 Å². The van der Waals surface area contributed by atoms with Crippen molar-refractivity contribution < 1.29 is 14.3 Å². The molecule has 1 rings (SSSR count). The molecule has 0 aliphatic rings. The normalized spacial score (nSPS) is 12.5. The predicted molar refractivity (Wildman–Crippen MR) is 88.4 cm³/mol. The summed E-state index contributed by atoms with van der Waals surface area (Å²) >= 11 is 0. The Morgan fingerprint density at radius 3 is 2.17 bits per heavy atom. The summed E-state index contributed by atoms with van der Waals surface area (Å²) in [5, 5.41) is 9.15. The Labute approximate surface area is 137 Å². The SMILES string of the molecule is CC(C)c1ccc(/C=C(\C#N)C(=O)O[C@H](C)C(=O)N(C)C)cc1. The standard InChI is InChI=1S/C18H22N2O3/c1-12(2)15-8-6-14(7-9-15)10-16(11-19)18(22)23-13(3)17(21)20(4)5/h6-10,12-13H,1-5H3/b16-10+/t13-/m1/s1. The van der Waals surface area contributed by atoms with Gasteiger partial charge in [0.25, 0.3) is 5.91 Å². The van der Waals surface area contributed by atoms with Gasteiger partial charge in [0.05, 0.1) is 0 Å². The second-order valence-electron chi connectivity index (χ2n) is 5.77. The van der Waals surface area contributed by atoms with E-state index in [1.165, 1.54) is 23.5 Å². The molecule has 0 aliphatic carbocycles. The molecule has 5 heteroatoms. The molecule has 0 aliphatic heterocycles. The summed E-state index contributed by atoms with van der Waals surface area (Å²) in [5.41, 5.74) is 1.77. The van der Waals surface area contributed by atoms with E-state index in [0.717, 1.165) is 5.56 Å². The van der Waals surface area contributed by atoms with Gasteiger partial charge in [0.1, 0.15) is 11.6 Å². The number of esters is 1. The molecule has 0 unspecified atom stereocenters. The lowest BCUT2D eigenvalue weighted by atomic mass is 10.0. The minimum atomic E-state index is -0.933. The van der Waals surface area contributed by atoms with Crippen LogP contribution in [0.3, 0.4) is 0 Å². The van der Waals surface area contributed by atoms with Crippen LogP contribution in [-0.4, -0.2) is 37.0 Å². The summed E-state index contributed by atoms with van der Waals surface area (Å²) in [5.74, 6) is -0.730. The zero-order valence-corrected chi connectivity index (χ0v) is 14.2. The largest absolute Gasteiger partial charge is 0.448 e. The number of hydrogen-bond donors (Lipinski definition) is 0. The van der Waals surface area contributed by atoms with Gasteiger partial charge in [-0.1, -0.05) is 38.1 Å². The van der Waals surface area contributed by atoms with Crippen molar-refractivity contribution >= 4 is 18.0 Å². The van der Waals surface area contributed by atoms with Crippen LogP contribution in [0, 0.1) is 11.3 Å². The van der Waals surface area contributed by atoms with Gasteiger partial charge in [0.2, 0.25) is 0 Å². The number of amides is 1. The average Bonchev–Trinajstić information content (AvgIpc) is 2.51. The minimum Gasteiger partial charge on any atom is -0.448 e. The third-order valence-corrected chi connectivity index (χ3v) is 3.33. The quantitative estimate of drug-likeness (QED) is 0.476. The van der Waals surface area contributed by atoms with Crippen LogP contribution >= 0.6 is 0 Å². The van der Waals surface area contributed by atoms with Crippen molar-refractivity contribution in [3.05, 3.63) is 41.0 Å². The molecule has 1 atom stereocenters. The number of nitriles is 1. The van der Waals surface area contributed by atoms with E-state index in [1.54, 1.807) is 14.1 Å². The lowest BCUT2D eigenvalue weighted by molar-refractivity contribution is -0.154. The molecular weight excluding hydrogens is 292 g/mol. The van der Waals surface area contributed by atoms with Crippen molar-refractivity contribution in [1.29, 1.82) is 5.26 Å². The Kier molecular flexibility index (Phi) is 6.52. The molecule has 0 radical (unpaired) electrons. The second-order valence-corrected chi connectivity index (χ2v) is 5.77. The first-order valence-corrected chi connectivity index (χ1v) is 7.40. The summed E-state index contributed by atoms with van der Waals surface area (Å²) < 4.78 is 5.04. The van der Waals surface area contributed by atoms with Gasteiger partial charge < -0.3 is 9.64 Å². The first-order chi connectivity index (χ1) is 10.8. The molecule has 1 aromatic rings. The zero-order valence-electron chi connectivity index (χ0n) is 14.2. The zero-order chi connectivity index (χ0) is 17.6. The molecule has 0 fully saturated rings. The number of carbonyl (C=O) groups excluding carboxylic acids is 2. The van der Waals surface area contributed by atoms with Crippen LogP contribution in [0.15, 0.2) is 29.8 Å². The molecule has 23 heavy (non-hydrogen) atoms. The van der Waals surface area contributed by atoms with E-state index in [9.17, 15) is 9.59 Å². The van der Waals surface area contributed by atoms with Gasteiger partial charge >= 0.3 is 5.97 Å². The summed E-state index contributed by atoms with van der Waals surface area (Å²) in [6, 6.07) is 9.41. The van der Waals surface area contributed by atoms with Crippen LogP contribution in [0.5, 0.6) is 0 Å². The topological polar surface area (TPSA) is 70.4 Å². The van der Waals surface area contributed by atoms with Crippen molar-refractivity contribution in [2.24, 2.45) is 0 Å². The number of hydrogen-bond acceptors (Lipinski definition) is 4. The van der Waals surface area contributed by atoms with Gasteiger partial charge in [0, 0.05) is 14.1 Å². The van der Waals surface area contributed by atoms with Crippen molar-refractivity contribution in [3.8, 4) is 6.07 Å². The van der Waals surface area contributed by atoms with Crippen LogP contribution in [0.1, 0.15) is 37.8 Å². The maximum absolute atomic E-state index is 12.0. The van der Waals surface area contributed by atoms with Crippen LogP contribution in [0.25, 0.3) is 6.08 Å². The lowest BCUT2D eigenvalue weighted by Crippen LogP contribution is -2.35. The average molecular weight is 314 g/mol. The molecule has 0 N–H and O–H groups in total. The number of rotatable bonds is 5. The molecule has 1 aromatic carbocycles. The third-order valence-electron chi connectivity index (χ3n) is 3.33. The van der Waals surface area contributed by atoms with Crippen LogP contribution < -0.4 is 0 Å². The molecule has 122 valence electrons. The summed E-state index contributed by atoms with van der Waals surface area (Å²) in [6.07, 6.45) is 0.525. The third kappa shape index (κ3) is 5.26. The van der Waals surface area contributed by atoms with Crippen LogP contribution in [0.4, 0.5) is 0 Å². The van der Waals surface area contributed by atoms with Crippen LogP contribution in [-0.2, 0) is 14.3 Å². The Balaban J connectivity index is 2.88. The first-order valence-electron chi connectivity index (χ1n) is 7.40. The monoisotopic (exact) mass is 314 g/mol. The molecule has 0 aromatic heterocycles. The number of ether oxygens (including phenoxy) is 1. The van der Waals surface area contributed by atoms with E-state index >= 15 is 0 Å². The second kappa shape index (κ2) is 8.14. The highest BCUT2D eigenvalue weighted by Gasteiger charge is 2.21. The predicted octanol–water partition coefficient (Wildman–Crippen LogP) is 2.74. The Hall–Kier alpha value is -2.61. The highest BCUT2D eigenvalue weighted by atomic mass is 16.5. The van der Waals surface area contributed by atoms with E-state index in [2.05, 4.69) is 13.8 Å². The molecule has 5 nitrogen and oxygen atoms in total. The molecule has 1 amide bonds. The smallest absolute Gasteiger partial charge is 0.349 e. The van der Waals surface area contributed by atoms with Gasteiger partial charge in [0.15, 0.2) is 6.10 Å². The van der Waals surface area contributed by atoms with Crippen molar-refractivity contribution in [2.45, 2.75) is 32.8 Å². The van der Waals surface area contributed by atoms with Gasteiger partial charge in [-0.3, -0.25) is 4.79 Å². The fraction of sp³-hybridized carbons (Fsp3) is 0.389. The van der Waals surface area contributed by atoms with E-state index < -0.39 is 12.1 Å². The molecule has 0 saturated heterocycles. The molecule has 0 spiro atoms. The van der Waals surface area contributed by atoms with Gasteiger partial charge in [-0.25, -0.2) is 4.79 Å². The molecule has 0 bridgehead atoms. The number of carbonyl (C=O) groups is 2. The van der Waals surface area contributed by atoms with Gasteiger partial charge in [-0.2, -0.15) is 5.26 Å². The Morgan fingerprint density at radius 1 is 1.17 bits per heavy atom. The summed E-state index contributed by atoms with van der Waals surface area (Å²) in [7, 11) is 3.15. The maximum Gasteiger partial charge on any atom is 0.349 e. The molecule has 0 saturated carbocycles. The number of benzene rings is 1. The summed E-state index contributed by atoms with van der Waals surface area (Å²) in [6.45, 7) is 5.66. The fourth-order valence-corrected chi connectivity index (χ4v) is 1.92. The highest BCUT2D eigenvalue weighted by Crippen LogP contribution is 2.16. The number of nitrogens with zero attached hydrogens (tertiary/aromatic N) is 2. The first kappa shape index (κ1) is 18.4. The Bertz CT molecular complexity index is 637. The van der Waals surface area contributed by atoms with Crippen molar-refractivity contribution in [1.82, 2.24) is 4.90 Å². The summed E-state index contributed by atoms with van der Waals surface area (Å²) in [4.78, 5) is 25.0. The molecular formula is C18H22N2O3. The maximum atomic E-state index is 12.0. The van der Waals surface area contributed by atoms with E-state index in [1.807, 2.05) is 30.3 Å².